The van der Waals surface area contributed by atoms with Gasteiger partial charge in [-0.2, -0.15) is 0 Å². The summed E-state index contributed by atoms with van der Waals surface area (Å²) in [6.45, 7) is 10.5. The van der Waals surface area contributed by atoms with Crippen LogP contribution in [0.5, 0.6) is 0 Å². The van der Waals surface area contributed by atoms with Gasteiger partial charge in [0.2, 0.25) is 0 Å². The lowest BCUT2D eigenvalue weighted by molar-refractivity contribution is -0.122. The topological polar surface area (TPSA) is 55.8 Å². The zero-order valence-corrected chi connectivity index (χ0v) is 11.4. The number of ketones is 1. The highest BCUT2D eigenvalue weighted by molar-refractivity contribution is 5.86. The lowest BCUT2D eigenvalue weighted by Gasteiger charge is -2.34. The summed E-state index contributed by atoms with van der Waals surface area (Å²) < 4.78 is 10.8. The smallest absolute Gasteiger partial charge is 0.413 e. The van der Waals surface area contributed by atoms with Crippen LogP contribution in [0.15, 0.2) is 0 Å². The van der Waals surface area contributed by atoms with Crippen molar-refractivity contribution in [3.05, 3.63) is 0 Å². The Morgan fingerprint density at radius 1 is 1.35 bits per heavy atom. The molecule has 1 aliphatic heterocycles. The van der Waals surface area contributed by atoms with Crippen LogP contribution >= 0.6 is 0 Å². The fourth-order valence-corrected chi connectivity index (χ4v) is 1.76. The Balaban J connectivity index is 2.90. The number of carbonyl (C=O) groups is 2. The molecular formula is C12H21NO4. The number of hydrogen-bond donors (Lipinski definition) is 0. The molecule has 98 valence electrons. The second-order valence-corrected chi connectivity index (χ2v) is 5.73. The van der Waals surface area contributed by atoms with Crippen molar-refractivity contribution in [1.29, 1.82) is 0 Å². The standard InChI is InChI=1S/C12H21NO4/c1-8(14)9-7-16-12(5,6)13(9)10(15)17-11(2,3)4/h9H,7H2,1-6H3. The number of nitrogens with zero attached hydrogens (tertiary/aromatic N) is 1. The van der Waals surface area contributed by atoms with Crippen LogP contribution in [0.2, 0.25) is 0 Å². The van der Waals surface area contributed by atoms with Crippen LogP contribution in [0.1, 0.15) is 41.5 Å². The molecule has 5 nitrogen and oxygen atoms in total. The predicted octanol–water partition coefficient (Wildman–Crippen LogP) is 1.95. The van der Waals surface area contributed by atoms with E-state index in [1.165, 1.54) is 11.8 Å². The molecule has 1 aliphatic rings. The molecule has 5 heteroatoms. The predicted molar refractivity (Wildman–Crippen MR) is 62.6 cm³/mol. The maximum atomic E-state index is 12.1. The van der Waals surface area contributed by atoms with Crippen molar-refractivity contribution in [3.8, 4) is 0 Å². The summed E-state index contributed by atoms with van der Waals surface area (Å²) in [7, 11) is 0. The Hall–Kier alpha value is -1.10. The maximum absolute atomic E-state index is 12.1. The van der Waals surface area contributed by atoms with Crippen molar-refractivity contribution in [1.82, 2.24) is 4.90 Å². The van der Waals surface area contributed by atoms with Crippen molar-refractivity contribution in [2.24, 2.45) is 0 Å². The molecule has 0 aromatic rings. The molecular weight excluding hydrogens is 222 g/mol. The number of amides is 1. The van der Waals surface area contributed by atoms with E-state index < -0.39 is 23.5 Å². The van der Waals surface area contributed by atoms with Crippen molar-refractivity contribution in [2.45, 2.75) is 58.9 Å². The molecule has 0 spiro atoms. The SMILES string of the molecule is CC(=O)C1COC(C)(C)N1C(=O)OC(C)(C)C. The molecule has 1 unspecified atom stereocenters. The first-order valence-corrected chi connectivity index (χ1v) is 5.71. The number of Topliss-reactive ketones (excluding diaryl/α,β-unsaturated/α-hetero) is 1. The lowest BCUT2D eigenvalue weighted by Crippen LogP contribution is -2.51. The molecule has 0 N–H and O–H groups in total. The third-order valence-electron chi connectivity index (χ3n) is 2.55. The lowest BCUT2D eigenvalue weighted by atomic mass is 10.1. The van der Waals surface area contributed by atoms with Gasteiger partial charge >= 0.3 is 6.09 Å². The highest BCUT2D eigenvalue weighted by Gasteiger charge is 2.47. The van der Waals surface area contributed by atoms with E-state index in [1.807, 2.05) is 0 Å². The van der Waals surface area contributed by atoms with E-state index in [0.717, 1.165) is 0 Å². The minimum atomic E-state index is -0.807. The third kappa shape index (κ3) is 3.19. The van der Waals surface area contributed by atoms with Crippen LogP contribution in [0.4, 0.5) is 4.79 Å². The third-order valence-corrected chi connectivity index (χ3v) is 2.55. The van der Waals surface area contributed by atoms with Crippen LogP contribution < -0.4 is 0 Å². The molecule has 0 aliphatic carbocycles. The van der Waals surface area contributed by atoms with Gasteiger partial charge in [-0.05, 0) is 41.5 Å². The molecule has 1 fully saturated rings. The fourth-order valence-electron chi connectivity index (χ4n) is 1.76. The molecule has 1 atom stereocenters. The molecule has 1 amide bonds. The molecule has 0 bridgehead atoms. The molecule has 0 saturated carbocycles. The minimum absolute atomic E-state index is 0.0959. The number of ether oxygens (including phenoxy) is 2. The molecule has 0 aromatic heterocycles. The van der Waals surface area contributed by atoms with E-state index in [9.17, 15) is 9.59 Å². The Morgan fingerprint density at radius 2 is 1.88 bits per heavy atom. The van der Waals surface area contributed by atoms with Gasteiger partial charge in [-0.15, -0.1) is 0 Å². The monoisotopic (exact) mass is 243 g/mol. The van der Waals surface area contributed by atoms with Crippen LogP contribution in [-0.4, -0.2) is 40.8 Å². The van der Waals surface area contributed by atoms with Crippen LogP contribution in [-0.2, 0) is 14.3 Å². The zero-order chi connectivity index (χ0) is 13.4. The van der Waals surface area contributed by atoms with Gasteiger partial charge in [-0.25, -0.2) is 4.79 Å². The number of hydrogen-bond acceptors (Lipinski definition) is 4. The summed E-state index contributed by atoms with van der Waals surface area (Å²) in [5, 5.41) is 0. The molecule has 0 radical (unpaired) electrons. The van der Waals surface area contributed by atoms with E-state index in [0.29, 0.717) is 0 Å². The summed E-state index contributed by atoms with van der Waals surface area (Å²) in [6, 6.07) is -0.556. The van der Waals surface area contributed by atoms with Crippen LogP contribution in [0.25, 0.3) is 0 Å². The molecule has 1 rings (SSSR count). The van der Waals surface area contributed by atoms with E-state index in [-0.39, 0.29) is 12.4 Å². The van der Waals surface area contributed by atoms with Gasteiger partial charge in [0.25, 0.3) is 0 Å². The summed E-state index contributed by atoms with van der Waals surface area (Å²) in [5.74, 6) is -0.0959. The Kier molecular flexibility index (Phi) is 3.52. The van der Waals surface area contributed by atoms with Crippen molar-refractivity contribution in [3.63, 3.8) is 0 Å². The number of rotatable bonds is 1. The fraction of sp³-hybridized carbons (Fsp3) is 0.833. The quantitative estimate of drug-likeness (QED) is 0.706. The zero-order valence-electron chi connectivity index (χ0n) is 11.4. The minimum Gasteiger partial charge on any atom is -0.444 e. The van der Waals surface area contributed by atoms with Gasteiger partial charge in [0.05, 0.1) is 6.61 Å². The summed E-state index contributed by atoms with van der Waals surface area (Å²) in [6.07, 6.45) is -0.514. The van der Waals surface area contributed by atoms with Crippen molar-refractivity contribution >= 4 is 11.9 Å². The normalized spacial score (nSPS) is 23.6. The molecule has 0 aromatic carbocycles. The van der Waals surface area contributed by atoms with Gasteiger partial charge in [0.1, 0.15) is 17.4 Å². The highest BCUT2D eigenvalue weighted by atomic mass is 16.6. The molecule has 1 heterocycles. The summed E-state index contributed by atoms with van der Waals surface area (Å²) in [4.78, 5) is 24.9. The Bertz CT molecular complexity index is 330. The second-order valence-electron chi connectivity index (χ2n) is 5.73. The van der Waals surface area contributed by atoms with Crippen LogP contribution in [0.3, 0.4) is 0 Å². The maximum Gasteiger partial charge on any atom is 0.413 e. The summed E-state index contributed by atoms with van der Waals surface area (Å²) in [5.41, 5.74) is -1.39. The first kappa shape index (κ1) is 14.0. The average molecular weight is 243 g/mol. The van der Waals surface area contributed by atoms with Crippen molar-refractivity contribution < 1.29 is 19.1 Å². The van der Waals surface area contributed by atoms with E-state index in [4.69, 9.17) is 9.47 Å². The number of carbonyl (C=O) groups excluding carboxylic acids is 2. The first-order chi connectivity index (χ1) is 7.54. The average Bonchev–Trinajstić information content (AvgIpc) is 2.37. The van der Waals surface area contributed by atoms with Crippen LogP contribution in [0, 0.1) is 0 Å². The van der Waals surface area contributed by atoms with Gasteiger partial charge in [-0.3, -0.25) is 9.69 Å². The van der Waals surface area contributed by atoms with Gasteiger partial charge < -0.3 is 9.47 Å². The molecule has 17 heavy (non-hydrogen) atoms. The Labute approximate surface area is 102 Å². The van der Waals surface area contributed by atoms with Crippen molar-refractivity contribution in [2.75, 3.05) is 6.61 Å². The largest absolute Gasteiger partial charge is 0.444 e. The van der Waals surface area contributed by atoms with E-state index in [2.05, 4.69) is 0 Å². The van der Waals surface area contributed by atoms with Gasteiger partial charge in [-0.1, -0.05) is 0 Å². The summed E-state index contributed by atoms with van der Waals surface area (Å²) >= 11 is 0. The van der Waals surface area contributed by atoms with E-state index >= 15 is 0 Å². The van der Waals surface area contributed by atoms with Gasteiger partial charge in [0, 0.05) is 0 Å². The molecule has 1 saturated heterocycles. The van der Waals surface area contributed by atoms with E-state index in [1.54, 1.807) is 34.6 Å². The second kappa shape index (κ2) is 4.29. The van der Waals surface area contributed by atoms with Gasteiger partial charge in [0.15, 0.2) is 5.78 Å². The Morgan fingerprint density at radius 3 is 2.29 bits per heavy atom. The highest BCUT2D eigenvalue weighted by Crippen LogP contribution is 2.29. The first-order valence-electron chi connectivity index (χ1n) is 5.71.